The lowest BCUT2D eigenvalue weighted by Gasteiger charge is -2.11. The van der Waals surface area contributed by atoms with Crippen molar-refractivity contribution in [3.05, 3.63) is 60.5 Å². The number of ether oxygens (including phenoxy) is 1. The SMILES string of the molecule is COc1cc(NC(=O)Nc2ccccc2F)c2ncccc2c1. The van der Waals surface area contributed by atoms with E-state index in [-0.39, 0.29) is 5.69 Å². The molecular weight excluding hydrogens is 297 g/mol. The quantitative estimate of drug-likeness (QED) is 0.767. The predicted molar refractivity (Wildman–Crippen MR) is 87.3 cm³/mol. The Balaban J connectivity index is 1.89. The molecule has 2 aromatic carbocycles. The second-order valence-electron chi connectivity index (χ2n) is 4.81. The maximum Gasteiger partial charge on any atom is 0.323 e. The van der Waals surface area contributed by atoms with Crippen molar-refractivity contribution in [2.45, 2.75) is 0 Å². The van der Waals surface area contributed by atoms with Crippen LogP contribution in [0.5, 0.6) is 5.75 Å². The van der Waals surface area contributed by atoms with Crippen molar-refractivity contribution in [2.75, 3.05) is 17.7 Å². The highest BCUT2D eigenvalue weighted by atomic mass is 19.1. The number of carbonyl (C=O) groups is 1. The topological polar surface area (TPSA) is 63.2 Å². The first-order valence-electron chi connectivity index (χ1n) is 6.92. The number of para-hydroxylation sites is 1. The van der Waals surface area contributed by atoms with Gasteiger partial charge < -0.3 is 15.4 Å². The van der Waals surface area contributed by atoms with E-state index in [1.807, 2.05) is 12.1 Å². The molecule has 0 atom stereocenters. The van der Waals surface area contributed by atoms with E-state index in [4.69, 9.17) is 4.74 Å². The third-order valence-corrected chi connectivity index (χ3v) is 3.28. The monoisotopic (exact) mass is 311 g/mol. The number of halogens is 1. The Kier molecular flexibility index (Phi) is 4.05. The first-order chi connectivity index (χ1) is 11.2. The number of methoxy groups -OCH3 is 1. The smallest absolute Gasteiger partial charge is 0.323 e. The van der Waals surface area contributed by atoms with Gasteiger partial charge in [0.1, 0.15) is 11.6 Å². The van der Waals surface area contributed by atoms with E-state index in [0.29, 0.717) is 17.0 Å². The predicted octanol–water partition coefficient (Wildman–Crippen LogP) is 4.03. The van der Waals surface area contributed by atoms with E-state index < -0.39 is 11.8 Å². The van der Waals surface area contributed by atoms with Crippen LogP contribution in [-0.2, 0) is 0 Å². The van der Waals surface area contributed by atoms with Gasteiger partial charge in [0.15, 0.2) is 0 Å². The fourth-order valence-corrected chi connectivity index (χ4v) is 2.22. The minimum atomic E-state index is -0.560. The summed E-state index contributed by atoms with van der Waals surface area (Å²) in [6.07, 6.45) is 1.63. The second-order valence-corrected chi connectivity index (χ2v) is 4.81. The van der Waals surface area contributed by atoms with E-state index in [1.165, 1.54) is 12.1 Å². The molecule has 0 radical (unpaired) electrons. The van der Waals surface area contributed by atoms with E-state index in [1.54, 1.807) is 37.6 Å². The van der Waals surface area contributed by atoms with Gasteiger partial charge in [0.25, 0.3) is 0 Å². The van der Waals surface area contributed by atoms with Gasteiger partial charge in [-0.2, -0.15) is 0 Å². The molecule has 0 spiro atoms. The van der Waals surface area contributed by atoms with Crippen LogP contribution in [0.15, 0.2) is 54.7 Å². The molecule has 1 heterocycles. The number of pyridine rings is 1. The van der Waals surface area contributed by atoms with Crippen LogP contribution in [0.1, 0.15) is 0 Å². The summed E-state index contributed by atoms with van der Waals surface area (Å²) in [6, 6.07) is 12.5. The lowest BCUT2D eigenvalue weighted by Crippen LogP contribution is -2.20. The zero-order valence-corrected chi connectivity index (χ0v) is 12.3. The zero-order valence-electron chi connectivity index (χ0n) is 12.3. The van der Waals surface area contributed by atoms with E-state index >= 15 is 0 Å². The Morgan fingerprint density at radius 3 is 2.65 bits per heavy atom. The summed E-state index contributed by atoms with van der Waals surface area (Å²) >= 11 is 0. The van der Waals surface area contributed by atoms with Crippen LogP contribution in [-0.4, -0.2) is 18.1 Å². The molecule has 1 aromatic heterocycles. The van der Waals surface area contributed by atoms with Crippen LogP contribution in [0.2, 0.25) is 0 Å². The van der Waals surface area contributed by atoms with E-state index in [2.05, 4.69) is 15.6 Å². The molecule has 2 N–H and O–H groups in total. The average Bonchev–Trinajstić information content (AvgIpc) is 2.56. The Morgan fingerprint density at radius 2 is 1.87 bits per heavy atom. The number of carbonyl (C=O) groups excluding carboxylic acids is 1. The van der Waals surface area contributed by atoms with Crippen molar-refractivity contribution < 1.29 is 13.9 Å². The van der Waals surface area contributed by atoms with Gasteiger partial charge in [0.2, 0.25) is 0 Å². The normalized spacial score (nSPS) is 10.3. The number of benzene rings is 2. The van der Waals surface area contributed by atoms with Crippen molar-refractivity contribution in [2.24, 2.45) is 0 Å². The first kappa shape index (κ1) is 14.8. The summed E-state index contributed by atoms with van der Waals surface area (Å²) in [5.41, 5.74) is 1.20. The van der Waals surface area contributed by atoms with Crippen LogP contribution < -0.4 is 15.4 Å². The maximum atomic E-state index is 13.6. The van der Waals surface area contributed by atoms with E-state index in [0.717, 1.165) is 5.39 Å². The molecule has 5 nitrogen and oxygen atoms in total. The minimum Gasteiger partial charge on any atom is -0.497 e. The largest absolute Gasteiger partial charge is 0.497 e. The van der Waals surface area contributed by atoms with Gasteiger partial charge in [-0.25, -0.2) is 9.18 Å². The van der Waals surface area contributed by atoms with Crippen molar-refractivity contribution in [3.8, 4) is 5.75 Å². The van der Waals surface area contributed by atoms with Crippen LogP contribution >= 0.6 is 0 Å². The lowest BCUT2D eigenvalue weighted by molar-refractivity contribution is 0.262. The number of nitrogens with one attached hydrogen (secondary N) is 2. The Morgan fingerprint density at radius 1 is 1.09 bits per heavy atom. The third kappa shape index (κ3) is 3.21. The highest BCUT2D eigenvalue weighted by molar-refractivity contribution is 6.05. The molecule has 6 heteroatoms. The molecule has 0 aliphatic carbocycles. The summed E-state index contributed by atoms with van der Waals surface area (Å²) in [5, 5.41) is 5.97. The standard InChI is InChI=1S/C17H14FN3O2/c1-23-12-9-11-5-4-8-19-16(11)15(10-12)21-17(22)20-14-7-3-2-6-13(14)18/h2-10H,1H3,(H2,20,21,22). The molecule has 0 saturated carbocycles. The fraction of sp³-hybridized carbons (Fsp3) is 0.0588. The third-order valence-electron chi connectivity index (χ3n) is 3.28. The number of rotatable bonds is 3. The minimum absolute atomic E-state index is 0.102. The lowest BCUT2D eigenvalue weighted by atomic mass is 10.2. The molecule has 0 unspecified atom stereocenters. The van der Waals surface area contributed by atoms with Gasteiger partial charge in [-0.05, 0) is 24.3 Å². The molecule has 23 heavy (non-hydrogen) atoms. The first-order valence-corrected chi connectivity index (χ1v) is 6.92. The molecule has 0 saturated heterocycles. The Hall–Kier alpha value is -3.15. The highest BCUT2D eigenvalue weighted by Crippen LogP contribution is 2.27. The van der Waals surface area contributed by atoms with Gasteiger partial charge >= 0.3 is 6.03 Å². The van der Waals surface area contributed by atoms with Crippen LogP contribution in [0, 0.1) is 5.82 Å². The summed E-state index contributed by atoms with van der Waals surface area (Å²) in [7, 11) is 1.54. The van der Waals surface area contributed by atoms with Crippen molar-refractivity contribution in [1.82, 2.24) is 4.98 Å². The molecule has 3 rings (SSSR count). The van der Waals surface area contributed by atoms with Gasteiger partial charge in [-0.1, -0.05) is 18.2 Å². The van der Waals surface area contributed by atoms with Gasteiger partial charge in [-0.15, -0.1) is 0 Å². The van der Waals surface area contributed by atoms with E-state index in [9.17, 15) is 9.18 Å². The second kappa shape index (κ2) is 6.31. The van der Waals surface area contributed by atoms with Crippen molar-refractivity contribution >= 4 is 28.3 Å². The number of amides is 2. The fourth-order valence-electron chi connectivity index (χ4n) is 2.22. The number of anilines is 2. The average molecular weight is 311 g/mol. The number of hydrogen-bond acceptors (Lipinski definition) is 3. The summed E-state index contributed by atoms with van der Waals surface area (Å²) in [4.78, 5) is 16.4. The summed E-state index contributed by atoms with van der Waals surface area (Å²) in [5.74, 6) is 0.0861. The molecule has 116 valence electrons. The molecule has 3 aromatic rings. The highest BCUT2D eigenvalue weighted by Gasteiger charge is 2.11. The molecule has 2 amide bonds. The number of nitrogens with zero attached hydrogens (tertiary/aromatic N) is 1. The maximum absolute atomic E-state index is 13.6. The summed E-state index contributed by atoms with van der Waals surface area (Å²) in [6.45, 7) is 0. The van der Waals surface area contributed by atoms with Crippen LogP contribution in [0.25, 0.3) is 10.9 Å². The van der Waals surface area contributed by atoms with Crippen LogP contribution in [0.3, 0.4) is 0 Å². The number of aromatic nitrogens is 1. The van der Waals surface area contributed by atoms with Crippen molar-refractivity contribution in [3.63, 3.8) is 0 Å². The molecule has 0 bridgehead atoms. The summed E-state index contributed by atoms with van der Waals surface area (Å²) < 4.78 is 18.8. The Labute approximate surface area is 132 Å². The number of hydrogen-bond donors (Lipinski definition) is 2. The molecular formula is C17H14FN3O2. The number of fused-ring (bicyclic) bond motifs is 1. The van der Waals surface area contributed by atoms with Gasteiger partial charge in [-0.3, -0.25) is 4.98 Å². The molecule has 0 fully saturated rings. The molecule has 0 aliphatic heterocycles. The molecule has 0 aliphatic rings. The van der Waals surface area contributed by atoms with Crippen LogP contribution in [0.4, 0.5) is 20.6 Å². The Bertz CT molecular complexity index is 867. The zero-order chi connectivity index (χ0) is 16.2. The van der Waals surface area contributed by atoms with Crippen molar-refractivity contribution in [1.29, 1.82) is 0 Å². The van der Waals surface area contributed by atoms with Gasteiger partial charge in [0, 0.05) is 17.6 Å². The number of urea groups is 1. The van der Waals surface area contributed by atoms with Gasteiger partial charge in [0.05, 0.1) is 24.0 Å².